The highest BCUT2D eigenvalue weighted by molar-refractivity contribution is 5.79. The number of likely N-dealkylation sites (tertiary alicyclic amines) is 1. The van der Waals surface area contributed by atoms with Crippen LogP contribution in [0.2, 0.25) is 0 Å². The molecule has 2 aromatic rings. The number of phenolic OH excluding ortho intramolecular Hbond substituents is 1. The molecule has 8 heteroatoms. The van der Waals surface area contributed by atoms with Gasteiger partial charge in [-0.2, -0.15) is 0 Å². The van der Waals surface area contributed by atoms with E-state index in [1.165, 1.54) is 0 Å². The summed E-state index contributed by atoms with van der Waals surface area (Å²) in [7, 11) is 3.67. The molecule has 2 bridgehead atoms. The molecule has 0 saturated carbocycles. The number of amides is 1. The summed E-state index contributed by atoms with van der Waals surface area (Å²) in [6, 6.07) is 5.58. The van der Waals surface area contributed by atoms with Crippen LogP contribution in [0.1, 0.15) is 37.2 Å². The van der Waals surface area contributed by atoms with Crippen molar-refractivity contribution in [2.45, 2.75) is 55.9 Å². The van der Waals surface area contributed by atoms with Gasteiger partial charge in [0.25, 0.3) is 0 Å². The fourth-order valence-corrected chi connectivity index (χ4v) is 5.27. The van der Waals surface area contributed by atoms with Gasteiger partial charge in [-0.25, -0.2) is 9.37 Å². The van der Waals surface area contributed by atoms with Crippen LogP contribution in [0.15, 0.2) is 30.6 Å². The number of nitrogens with one attached hydrogen (secondary N) is 1. The predicted octanol–water partition coefficient (Wildman–Crippen LogP) is 2.46. The predicted molar refractivity (Wildman–Crippen MR) is 116 cm³/mol. The van der Waals surface area contributed by atoms with Crippen molar-refractivity contribution in [3.63, 3.8) is 0 Å². The number of nitrogens with zero attached hydrogens (tertiary/aromatic N) is 4. The van der Waals surface area contributed by atoms with Crippen LogP contribution in [0.4, 0.5) is 10.2 Å². The van der Waals surface area contributed by atoms with Gasteiger partial charge in [-0.05, 0) is 37.0 Å². The van der Waals surface area contributed by atoms with E-state index in [1.807, 2.05) is 24.1 Å². The summed E-state index contributed by atoms with van der Waals surface area (Å²) in [5, 5.41) is 13.9. The van der Waals surface area contributed by atoms with Gasteiger partial charge in [0.15, 0.2) is 0 Å². The summed E-state index contributed by atoms with van der Waals surface area (Å²) < 4.78 is 14.9. The Labute approximate surface area is 181 Å². The number of carbonyl (C=O) groups is 1. The molecule has 2 N–H and O–H groups in total. The third kappa shape index (κ3) is 3.63. The molecule has 0 spiro atoms. The van der Waals surface area contributed by atoms with Gasteiger partial charge in [0.1, 0.15) is 17.7 Å². The zero-order valence-corrected chi connectivity index (χ0v) is 17.8. The summed E-state index contributed by atoms with van der Waals surface area (Å²) in [6.07, 6.45) is 5.48. The number of anilines is 1. The number of rotatable bonds is 4. The minimum Gasteiger partial charge on any atom is -0.507 e. The van der Waals surface area contributed by atoms with Gasteiger partial charge < -0.3 is 20.2 Å². The first kappa shape index (κ1) is 20.2. The van der Waals surface area contributed by atoms with Crippen LogP contribution in [0.25, 0.3) is 11.3 Å². The summed E-state index contributed by atoms with van der Waals surface area (Å²) in [6.45, 7) is 0.659. The van der Waals surface area contributed by atoms with Crippen molar-refractivity contribution < 1.29 is 14.3 Å². The van der Waals surface area contributed by atoms with Crippen molar-refractivity contribution in [1.29, 1.82) is 0 Å². The van der Waals surface area contributed by atoms with Crippen molar-refractivity contribution in [2.75, 3.05) is 25.5 Å². The van der Waals surface area contributed by atoms with E-state index in [2.05, 4.69) is 15.3 Å². The van der Waals surface area contributed by atoms with Crippen LogP contribution >= 0.6 is 0 Å². The van der Waals surface area contributed by atoms with E-state index in [-0.39, 0.29) is 29.7 Å². The Bertz CT molecular complexity index is 984. The Hall–Kier alpha value is -2.74. The molecule has 3 saturated heterocycles. The highest BCUT2D eigenvalue weighted by Crippen LogP contribution is 2.36. The zero-order valence-electron chi connectivity index (χ0n) is 17.8. The highest BCUT2D eigenvalue weighted by atomic mass is 19.1. The van der Waals surface area contributed by atoms with Crippen LogP contribution in [-0.2, 0) is 4.79 Å². The van der Waals surface area contributed by atoms with Crippen LogP contribution in [0, 0.1) is 0 Å². The van der Waals surface area contributed by atoms with E-state index >= 15 is 0 Å². The number of phenols is 1. The quantitative estimate of drug-likeness (QED) is 0.783. The Balaban J connectivity index is 1.32. The molecule has 31 heavy (non-hydrogen) atoms. The molecule has 4 heterocycles. The second-order valence-corrected chi connectivity index (χ2v) is 9.12. The lowest BCUT2D eigenvalue weighted by Gasteiger charge is -2.38. The summed E-state index contributed by atoms with van der Waals surface area (Å²) in [5.41, 5.74) is 2.09. The number of fused-ring (bicyclic) bond motifs is 2. The highest BCUT2D eigenvalue weighted by Gasteiger charge is 2.43. The topological polar surface area (TPSA) is 81.6 Å². The minimum absolute atomic E-state index is 0.0659. The van der Waals surface area contributed by atoms with Crippen LogP contribution in [-0.4, -0.2) is 70.8 Å². The Morgan fingerprint density at radius 1 is 1.26 bits per heavy atom. The number of benzene rings is 1. The first-order valence-electron chi connectivity index (χ1n) is 10.9. The maximum Gasteiger partial charge on any atom is 0.223 e. The lowest BCUT2D eigenvalue weighted by Crippen LogP contribution is -2.55. The number of halogens is 1. The standard InChI is InChI=1S/C23H28FN5O2/c1-28-12-14(8-22(28)31)13-3-5-16(20(30)7-13)18-10-26-21(11-25-18)29(2)19-9-15-4-6-17(27-15)23(19)24/h3,5,7,10-11,14-15,17,19,23,27,30H,4,6,8-9,12H2,1-2H3/t14?,15?,17?,19-,23+/m0/s1. The minimum atomic E-state index is -0.927. The monoisotopic (exact) mass is 425 g/mol. The number of hydrogen-bond donors (Lipinski definition) is 2. The molecule has 1 aromatic heterocycles. The SMILES string of the molecule is CN1CC(c2ccc(-c3cnc(N(C)[C@H]4CC5CCC(N5)[C@H]4F)cn3)c(O)c2)CC1=O. The zero-order chi connectivity index (χ0) is 21.7. The normalized spacial score (nSPS) is 30.1. The number of aromatic hydroxyl groups is 1. The maximum absolute atomic E-state index is 14.9. The maximum atomic E-state index is 14.9. The van der Waals surface area contributed by atoms with Gasteiger partial charge in [0.05, 0.1) is 24.1 Å². The van der Waals surface area contributed by atoms with Crippen LogP contribution in [0.5, 0.6) is 5.75 Å². The molecule has 5 atom stereocenters. The first-order chi connectivity index (χ1) is 14.9. The lowest BCUT2D eigenvalue weighted by atomic mass is 9.96. The van der Waals surface area contributed by atoms with E-state index in [9.17, 15) is 14.3 Å². The second-order valence-electron chi connectivity index (χ2n) is 9.12. The smallest absolute Gasteiger partial charge is 0.223 e. The van der Waals surface area contributed by atoms with Gasteiger partial charge in [0.2, 0.25) is 5.91 Å². The molecule has 3 aliphatic rings. The lowest BCUT2D eigenvalue weighted by molar-refractivity contribution is -0.126. The summed E-state index contributed by atoms with van der Waals surface area (Å²) in [4.78, 5) is 24.4. The van der Waals surface area contributed by atoms with Crippen molar-refractivity contribution in [1.82, 2.24) is 20.2 Å². The van der Waals surface area contributed by atoms with Gasteiger partial charge in [-0.3, -0.25) is 9.78 Å². The van der Waals surface area contributed by atoms with Crippen molar-refractivity contribution in [3.05, 3.63) is 36.2 Å². The van der Waals surface area contributed by atoms with Crippen LogP contribution < -0.4 is 10.2 Å². The van der Waals surface area contributed by atoms with E-state index < -0.39 is 6.17 Å². The van der Waals surface area contributed by atoms with Crippen molar-refractivity contribution in [3.8, 4) is 17.0 Å². The summed E-state index contributed by atoms with van der Waals surface area (Å²) in [5.74, 6) is 0.958. The molecule has 1 aromatic carbocycles. The number of carbonyl (C=O) groups excluding carboxylic acids is 1. The number of likely N-dealkylation sites (N-methyl/N-ethyl adjacent to an activating group) is 1. The Morgan fingerprint density at radius 2 is 2.10 bits per heavy atom. The molecule has 7 nitrogen and oxygen atoms in total. The van der Waals surface area contributed by atoms with Gasteiger partial charge in [-0.15, -0.1) is 0 Å². The molecule has 3 aliphatic heterocycles. The fourth-order valence-electron chi connectivity index (χ4n) is 5.27. The van der Waals surface area contributed by atoms with Gasteiger partial charge in [-0.1, -0.05) is 6.07 Å². The molecule has 5 rings (SSSR count). The second kappa shape index (κ2) is 7.75. The number of hydrogen-bond acceptors (Lipinski definition) is 6. The molecule has 164 valence electrons. The van der Waals surface area contributed by atoms with Gasteiger partial charge in [0, 0.05) is 50.6 Å². The van der Waals surface area contributed by atoms with Crippen molar-refractivity contribution in [2.24, 2.45) is 0 Å². The Morgan fingerprint density at radius 3 is 2.77 bits per heavy atom. The summed E-state index contributed by atoms with van der Waals surface area (Å²) >= 11 is 0. The molecule has 1 amide bonds. The van der Waals surface area contributed by atoms with E-state index in [0.717, 1.165) is 24.8 Å². The molecule has 3 fully saturated rings. The molecule has 0 aliphatic carbocycles. The number of alkyl halides is 1. The average molecular weight is 426 g/mol. The van der Waals surface area contributed by atoms with E-state index in [4.69, 9.17) is 0 Å². The molecule has 0 radical (unpaired) electrons. The fraction of sp³-hybridized carbons (Fsp3) is 0.522. The first-order valence-corrected chi connectivity index (χ1v) is 10.9. The Kier molecular flexibility index (Phi) is 5.04. The third-order valence-electron chi connectivity index (χ3n) is 7.16. The van der Waals surface area contributed by atoms with E-state index in [0.29, 0.717) is 36.1 Å². The molecule has 3 unspecified atom stereocenters. The average Bonchev–Trinajstić information content (AvgIpc) is 3.34. The molecular formula is C23H28FN5O2. The number of aromatic nitrogens is 2. The number of piperidine rings is 1. The van der Waals surface area contributed by atoms with Crippen molar-refractivity contribution >= 4 is 11.7 Å². The van der Waals surface area contributed by atoms with Gasteiger partial charge >= 0.3 is 0 Å². The third-order valence-corrected chi connectivity index (χ3v) is 7.16. The molecular weight excluding hydrogens is 397 g/mol. The van der Waals surface area contributed by atoms with E-state index in [1.54, 1.807) is 30.4 Å². The largest absolute Gasteiger partial charge is 0.507 e. The van der Waals surface area contributed by atoms with Crippen LogP contribution in [0.3, 0.4) is 0 Å².